The Hall–Kier alpha value is -3.88. The molecule has 0 atom stereocenters. The van der Waals surface area contributed by atoms with Gasteiger partial charge in [0.25, 0.3) is 5.91 Å². The van der Waals surface area contributed by atoms with Crippen LogP contribution in [0.4, 0.5) is 13.2 Å². The van der Waals surface area contributed by atoms with Gasteiger partial charge >= 0.3 is 6.18 Å². The number of nitrogens with one attached hydrogen (secondary N) is 1. The highest BCUT2D eigenvalue weighted by molar-refractivity contribution is 6.00. The molecule has 3 rings (SSSR count). The number of ether oxygens (including phenoxy) is 2. The van der Waals surface area contributed by atoms with Gasteiger partial charge in [0.15, 0.2) is 0 Å². The number of amides is 1. The van der Waals surface area contributed by atoms with E-state index in [0.29, 0.717) is 5.71 Å². The summed E-state index contributed by atoms with van der Waals surface area (Å²) in [6, 6.07) is 16.3. The van der Waals surface area contributed by atoms with Gasteiger partial charge in [0.2, 0.25) is 5.88 Å². The fourth-order valence-electron chi connectivity index (χ4n) is 2.56. The predicted octanol–water partition coefficient (Wildman–Crippen LogP) is 5.06. The fraction of sp³-hybridized carbons (Fsp3) is 0.136. The number of rotatable bonds is 6. The summed E-state index contributed by atoms with van der Waals surface area (Å²) in [5, 5.41) is 4.05. The summed E-state index contributed by atoms with van der Waals surface area (Å²) in [5.41, 5.74) is 2.86. The number of alkyl halides is 3. The first-order valence-electron chi connectivity index (χ1n) is 9.07. The molecule has 1 amide bonds. The molecule has 0 radical (unpaired) electrons. The fourth-order valence-corrected chi connectivity index (χ4v) is 2.56. The van der Waals surface area contributed by atoms with E-state index < -0.39 is 17.6 Å². The molecule has 6 nitrogen and oxygen atoms in total. The zero-order valence-electron chi connectivity index (χ0n) is 16.6. The smallest absolute Gasteiger partial charge is 0.416 e. The highest BCUT2D eigenvalue weighted by Gasteiger charge is 2.30. The average molecular weight is 429 g/mol. The van der Waals surface area contributed by atoms with Gasteiger partial charge < -0.3 is 9.47 Å². The highest BCUT2D eigenvalue weighted by Crippen LogP contribution is 2.33. The third-order valence-electron chi connectivity index (χ3n) is 4.14. The minimum absolute atomic E-state index is 0.0778. The van der Waals surface area contributed by atoms with Crippen LogP contribution in [0.25, 0.3) is 0 Å². The van der Waals surface area contributed by atoms with Gasteiger partial charge in [-0.3, -0.25) is 4.79 Å². The Morgan fingerprint density at radius 1 is 1.00 bits per heavy atom. The minimum Gasteiger partial charge on any atom is -0.496 e. The molecule has 0 aliphatic carbocycles. The molecule has 1 heterocycles. The van der Waals surface area contributed by atoms with Crippen LogP contribution < -0.4 is 14.9 Å². The lowest BCUT2D eigenvalue weighted by Gasteiger charge is -2.11. The molecular formula is C22H18F3N3O3. The van der Waals surface area contributed by atoms with Crippen molar-refractivity contribution in [2.75, 3.05) is 7.11 Å². The molecule has 160 valence electrons. The molecule has 0 saturated heterocycles. The van der Waals surface area contributed by atoms with Gasteiger partial charge in [0, 0.05) is 12.1 Å². The highest BCUT2D eigenvalue weighted by atomic mass is 19.4. The van der Waals surface area contributed by atoms with Crippen LogP contribution in [0.1, 0.15) is 28.5 Å². The average Bonchev–Trinajstić information content (AvgIpc) is 2.77. The van der Waals surface area contributed by atoms with Crippen LogP contribution in [0.5, 0.6) is 17.4 Å². The quantitative estimate of drug-likeness (QED) is 0.439. The second-order valence-electron chi connectivity index (χ2n) is 6.36. The number of hydrogen-bond donors (Lipinski definition) is 1. The number of pyridine rings is 1. The van der Waals surface area contributed by atoms with Crippen LogP contribution in [0.3, 0.4) is 0 Å². The van der Waals surface area contributed by atoms with Crippen molar-refractivity contribution in [1.82, 2.24) is 10.4 Å². The number of nitrogens with zero attached hydrogens (tertiary/aromatic N) is 2. The maximum absolute atomic E-state index is 12.9. The lowest BCUT2D eigenvalue weighted by Crippen LogP contribution is -2.20. The zero-order valence-corrected chi connectivity index (χ0v) is 16.6. The molecule has 1 aromatic heterocycles. The van der Waals surface area contributed by atoms with Crippen LogP contribution >= 0.6 is 0 Å². The van der Waals surface area contributed by atoms with E-state index in [1.54, 1.807) is 6.92 Å². The van der Waals surface area contributed by atoms with E-state index in [2.05, 4.69) is 15.5 Å². The Morgan fingerprint density at radius 2 is 1.74 bits per heavy atom. The van der Waals surface area contributed by atoms with Gasteiger partial charge in [-0.15, -0.1) is 0 Å². The van der Waals surface area contributed by atoms with Gasteiger partial charge in [0.1, 0.15) is 17.2 Å². The summed E-state index contributed by atoms with van der Waals surface area (Å²) in [6.07, 6.45) is -4.51. The number of methoxy groups -OCH3 is 1. The van der Waals surface area contributed by atoms with E-state index in [4.69, 9.17) is 9.47 Å². The first kappa shape index (κ1) is 21.8. The third kappa shape index (κ3) is 5.81. The predicted molar refractivity (Wildman–Crippen MR) is 108 cm³/mol. The van der Waals surface area contributed by atoms with Crippen molar-refractivity contribution >= 4 is 11.6 Å². The topological polar surface area (TPSA) is 72.8 Å². The number of benzene rings is 2. The number of aromatic nitrogens is 1. The van der Waals surface area contributed by atoms with E-state index in [9.17, 15) is 18.0 Å². The molecule has 0 bridgehead atoms. The maximum Gasteiger partial charge on any atom is 0.416 e. The molecule has 0 aliphatic heterocycles. The Morgan fingerprint density at radius 3 is 2.42 bits per heavy atom. The molecule has 2 aromatic carbocycles. The summed E-state index contributed by atoms with van der Waals surface area (Å²) in [6.45, 7) is 1.73. The van der Waals surface area contributed by atoms with Gasteiger partial charge in [0.05, 0.1) is 18.4 Å². The van der Waals surface area contributed by atoms with Crippen molar-refractivity contribution in [3.63, 3.8) is 0 Å². The molecule has 0 aliphatic rings. The van der Waals surface area contributed by atoms with Crippen LogP contribution in [0, 0.1) is 0 Å². The zero-order chi connectivity index (χ0) is 22.4. The number of carbonyl (C=O) groups is 1. The first-order chi connectivity index (χ1) is 14.8. The third-order valence-corrected chi connectivity index (χ3v) is 4.14. The SMILES string of the molecule is COc1cc(Oc2cccc(C(F)(F)F)c2)nc(C(=O)NN=C(C)c2ccccc2)c1. The van der Waals surface area contributed by atoms with Crippen LogP contribution in [-0.4, -0.2) is 23.7 Å². The van der Waals surface area contributed by atoms with Gasteiger partial charge in [-0.05, 0) is 30.7 Å². The van der Waals surface area contributed by atoms with Crippen molar-refractivity contribution in [2.45, 2.75) is 13.1 Å². The van der Waals surface area contributed by atoms with Crippen LogP contribution in [-0.2, 0) is 6.18 Å². The minimum atomic E-state index is -4.51. The molecule has 0 saturated carbocycles. The van der Waals surface area contributed by atoms with Gasteiger partial charge in [-0.1, -0.05) is 36.4 Å². The molecule has 0 spiro atoms. The molecule has 31 heavy (non-hydrogen) atoms. The summed E-state index contributed by atoms with van der Waals surface area (Å²) in [5.74, 6) is -0.582. The molecule has 9 heteroatoms. The number of halogens is 3. The Bertz CT molecular complexity index is 1100. The monoisotopic (exact) mass is 429 g/mol. The van der Waals surface area contributed by atoms with E-state index in [-0.39, 0.29) is 23.1 Å². The summed E-state index contributed by atoms with van der Waals surface area (Å²) < 4.78 is 49.3. The van der Waals surface area contributed by atoms with Gasteiger partial charge in [-0.2, -0.15) is 18.3 Å². The normalized spacial score (nSPS) is 11.7. The first-order valence-corrected chi connectivity index (χ1v) is 9.07. The Balaban J connectivity index is 1.81. The maximum atomic E-state index is 12.9. The summed E-state index contributed by atoms with van der Waals surface area (Å²) in [7, 11) is 1.38. The summed E-state index contributed by atoms with van der Waals surface area (Å²) in [4.78, 5) is 16.6. The standard InChI is InChI=1S/C22H18F3N3O3/c1-14(15-7-4-3-5-8-15)27-28-21(29)19-12-18(30-2)13-20(26-19)31-17-10-6-9-16(11-17)22(23,24)25/h3-13H,1-2H3,(H,28,29). The second-order valence-corrected chi connectivity index (χ2v) is 6.36. The number of hydrogen-bond acceptors (Lipinski definition) is 5. The molecule has 1 N–H and O–H groups in total. The summed E-state index contributed by atoms with van der Waals surface area (Å²) >= 11 is 0. The van der Waals surface area contributed by atoms with E-state index in [0.717, 1.165) is 17.7 Å². The number of carbonyl (C=O) groups excluding carboxylic acids is 1. The Labute approximate surface area is 176 Å². The largest absolute Gasteiger partial charge is 0.496 e. The van der Waals surface area contributed by atoms with Crippen LogP contribution in [0.15, 0.2) is 71.8 Å². The van der Waals surface area contributed by atoms with Crippen molar-refractivity contribution in [3.05, 3.63) is 83.6 Å². The molecular weight excluding hydrogens is 411 g/mol. The van der Waals surface area contributed by atoms with Crippen LogP contribution in [0.2, 0.25) is 0 Å². The molecule has 0 unspecified atom stereocenters. The Kier molecular flexibility index (Phi) is 6.54. The van der Waals surface area contributed by atoms with Crippen molar-refractivity contribution in [3.8, 4) is 17.4 Å². The van der Waals surface area contributed by atoms with E-state index in [1.807, 2.05) is 30.3 Å². The van der Waals surface area contributed by atoms with Gasteiger partial charge in [-0.25, -0.2) is 10.4 Å². The van der Waals surface area contributed by atoms with Crippen molar-refractivity contribution < 1.29 is 27.4 Å². The molecule has 0 fully saturated rings. The molecule has 3 aromatic rings. The second kappa shape index (κ2) is 9.29. The van der Waals surface area contributed by atoms with Crippen molar-refractivity contribution in [1.29, 1.82) is 0 Å². The number of hydrazone groups is 1. The lowest BCUT2D eigenvalue weighted by molar-refractivity contribution is -0.137. The lowest BCUT2D eigenvalue weighted by atomic mass is 10.1. The van der Waals surface area contributed by atoms with E-state index >= 15 is 0 Å². The van der Waals surface area contributed by atoms with E-state index in [1.165, 1.54) is 31.4 Å². The van der Waals surface area contributed by atoms with Crippen molar-refractivity contribution in [2.24, 2.45) is 5.10 Å².